The molecule has 1 saturated carbocycles. The number of halogens is 1. The van der Waals surface area contributed by atoms with Crippen LogP contribution in [0, 0.1) is 0 Å². The summed E-state index contributed by atoms with van der Waals surface area (Å²) in [6.07, 6.45) is 2.14. The summed E-state index contributed by atoms with van der Waals surface area (Å²) in [5, 5.41) is 3.66. The first kappa shape index (κ1) is 20.8. The Labute approximate surface area is 184 Å². The van der Waals surface area contributed by atoms with Crippen LogP contribution in [0.5, 0.6) is 11.5 Å². The number of ether oxygens (including phenoxy) is 2. The molecule has 6 heteroatoms. The normalized spacial score (nSPS) is 20.7. The third-order valence-corrected chi connectivity index (χ3v) is 5.56. The molecule has 1 aliphatic heterocycles. The van der Waals surface area contributed by atoms with E-state index in [1.807, 2.05) is 7.05 Å². The van der Waals surface area contributed by atoms with E-state index in [0.29, 0.717) is 12.0 Å². The van der Waals surface area contributed by atoms with Gasteiger partial charge in [-0.15, -0.1) is 24.0 Å². The Morgan fingerprint density at radius 3 is 2.39 bits per heavy atom. The molecule has 2 aromatic carbocycles. The maximum atomic E-state index is 5.47. The van der Waals surface area contributed by atoms with E-state index in [1.54, 1.807) is 14.2 Å². The zero-order chi connectivity index (χ0) is 18.8. The number of benzene rings is 2. The minimum Gasteiger partial charge on any atom is -0.493 e. The van der Waals surface area contributed by atoms with Gasteiger partial charge in [0, 0.05) is 32.1 Å². The number of nitrogens with zero attached hydrogens (tertiary/aromatic N) is 2. The van der Waals surface area contributed by atoms with E-state index in [-0.39, 0.29) is 24.0 Å². The second-order valence-corrected chi connectivity index (χ2v) is 7.20. The minimum absolute atomic E-state index is 0. The molecule has 0 bridgehead atoms. The first-order valence-electron chi connectivity index (χ1n) is 9.50. The predicted octanol–water partition coefficient (Wildman–Crippen LogP) is 3.81. The molecule has 2 aromatic rings. The topological polar surface area (TPSA) is 46.1 Å². The minimum atomic E-state index is 0. The van der Waals surface area contributed by atoms with Crippen LogP contribution in [0.25, 0.3) is 0 Å². The molecular weight excluding hydrogens is 465 g/mol. The van der Waals surface area contributed by atoms with Gasteiger partial charge in [-0.25, -0.2) is 0 Å². The van der Waals surface area contributed by atoms with E-state index in [1.165, 1.54) is 23.1 Å². The quantitative estimate of drug-likeness (QED) is 0.400. The number of nitrogens with one attached hydrogen (secondary N) is 1. The highest BCUT2D eigenvalue weighted by Crippen LogP contribution is 2.41. The van der Waals surface area contributed by atoms with Gasteiger partial charge in [-0.3, -0.25) is 4.99 Å². The Kier molecular flexibility index (Phi) is 6.69. The first-order valence-corrected chi connectivity index (χ1v) is 9.50. The summed E-state index contributed by atoms with van der Waals surface area (Å²) < 4.78 is 10.9. The van der Waals surface area contributed by atoms with Gasteiger partial charge in [0.1, 0.15) is 0 Å². The fraction of sp³-hybridized carbons (Fsp3) is 0.409. The molecule has 2 atom stereocenters. The van der Waals surface area contributed by atoms with Gasteiger partial charge in [0.25, 0.3) is 0 Å². The van der Waals surface area contributed by atoms with Gasteiger partial charge in [-0.1, -0.05) is 30.3 Å². The molecule has 1 fully saturated rings. The Morgan fingerprint density at radius 2 is 1.75 bits per heavy atom. The molecule has 0 amide bonds. The lowest BCUT2D eigenvalue weighted by Crippen LogP contribution is -2.45. The van der Waals surface area contributed by atoms with Crippen LogP contribution in [-0.4, -0.2) is 44.7 Å². The van der Waals surface area contributed by atoms with E-state index in [9.17, 15) is 0 Å². The van der Waals surface area contributed by atoms with E-state index < -0.39 is 0 Å². The van der Waals surface area contributed by atoms with Crippen molar-refractivity contribution in [3.05, 3.63) is 59.2 Å². The lowest BCUT2D eigenvalue weighted by molar-refractivity contribution is 0.346. The van der Waals surface area contributed by atoms with Crippen LogP contribution in [-0.2, 0) is 13.0 Å². The van der Waals surface area contributed by atoms with E-state index in [0.717, 1.165) is 37.0 Å². The summed E-state index contributed by atoms with van der Waals surface area (Å²) in [4.78, 5) is 6.87. The van der Waals surface area contributed by atoms with Gasteiger partial charge >= 0.3 is 0 Å². The summed E-state index contributed by atoms with van der Waals surface area (Å²) >= 11 is 0. The molecule has 150 valence electrons. The van der Waals surface area contributed by atoms with Crippen LogP contribution < -0.4 is 14.8 Å². The summed E-state index contributed by atoms with van der Waals surface area (Å²) in [5.41, 5.74) is 4.01. The zero-order valence-electron chi connectivity index (χ0n) is 16.6. The van der Waals surface area contributed by atoms with Crippen LogP contribution in [0.2, 0.25) is 0 Å². The number of hydrogen-bond donors (Lipinski definition) is 1. The summed E-state index contributed by atoms with van der Waals surface area (Å²) in [6, 6.07) is 15.4. The Morgan fingerprint density at radius 1 is 1.07 bits per heavy atom. The predicted molar refractivity (Wildman–Crippen MR) is 123 cm³/mol. The standard InChI is InChI=1S/C22H27N3O2.HI/c1-23-22(24-19-13-18(19)15-7-5-4-6-8-15)25-10-9-16-11-20(26-2)21(27-3)12-17(16)14-25;/h4-8,11-12,18-19H,9-10,13-14H2,1-3H3,(H,23,24);1H. The van der Waals surface area contributed by atoms with Crippen LogP contribution in [0.15, 0.2) is 47.5 Å². The fourth-order valence-corrected chi connectivity index (χ4v) is 3.95. The molecule has 0 saturated heterocycles. The maximum Gasteiger partial charge on any atom is 0.194 e. The lowest BCUT2D eigenvalue weighted by atomic mass is 9.99. The molecule has 1 aliphatic carbocycles. The highest BCUT2D eigenvalue weighted by molar-refractivity contribution is 14.0. The van der Waals surface area contributed by atoms with Crippen LogP contribution >= 0.6 is 24.0 Å². The van der Waals surface area contributed by atoms with Crippen molar-refractivity contribution in [2.24, 2.45) is 4.99 Å². The number of methoxy groups -OCH3 is 2. The summed E-state index contributed by atoms with van der Waals surface area (Å²) in [5.74, 6) is 3.16. The average molecular weight is 493 g/mol. The van der Waals surface area contributed by atoms with Crippen molar-refractivity contribution in [1.29, 1.82) is 0 Å². The first-order chi connectivity index (χ1) is 13.2. The largest absolute Gasteiger partial charge is 0.493 e. The van der Waals surface area contributed by atoms with Crippen molar-refractivity contribution < 1.29 is 9.47 Å². The van der Waals surface area contributed by atoms with Crippen molar-refractivity contribution in [1.82, 2.24) is 10.2 Å². The third-order valence-electron chi connectivity index (χ3n) is 5.56. The molecule has 0 aromatic heterocycles. The van der Waals surface area contributed by atoms with Gasteiger partial charge in [0.2, 0.25) is 0 Å². The molecule has 5 nitrogen and oxygen atoms in total. The molecule has 4 rings (SSSR count). The molecule has 2 unspecified atom stereocenters. The van der Waals surface area contributed by atoms with Crippen LogP contribution in [0.1, 0.15) is 29.0 Å². The highest BCUT2D eigenvalue weighted by atomic mass is 127. The van der Waals surface area contributed by atoms with Crippen LogP contribution in [0.4, 0.5) is 0 Å². The number of rotatable bonds is 4. The number of guanidine groups is 1. The number of hydrogen-bond acceptors (Lipinski definition) is 3. The average Bonchev–Trinajstić information content (AvgIpc) is 3.50. The Hall–Kier alpha value is -1.96. The summed E-state index contributed by atoms with van der Waals surface area (Å²) in [7, 11) is 5.23. The SMILES string of the molecule is CN=C(NC1CC1c1ccccc1)N1CCc2cc(OC)c(OC)cc2C1.I. The maximum absolute atomic E-state index is 5.47. The molecule has 0 radical (unpaired) electrons. The lowest BCUT2D eigenvalue weighted by Gasteiger charge is -2.32. The van der Waals surface area contributed by atoms with Crippen molar-refractivity contribution in [3.63, 3.8) is 0 Å². The van der Waals surface area contributed by atoms with E-state index in [4.69, 9.17) is 9.47 Å². The van der Waals surface area contributed by atoms with Gasteiger partial charge < -0.3 is 19.7 Å². The number of fused-ring (bicyclic) bond motifs is 1. The van der Waals surface area contributed by atoms with Gasteiger partial charge in [0.15, 0.2) is 17.5 Å². The second-order valence-electron chi connectivity index (χ2n) is 7.20. The highest BCUT2D eigenvalue weighted by Gasteiger charge is 2.39. The molecule has 1 N–H and O–H groups in total. The smallest absolute Gasteiger partial charge is 0.194 e. The third kappa shape index (κ3) is 4.21. The van der Waals surface area contributed by atoms with Crippen molar-refractivity contribution >= 4 is 29.9 Å². The van der Waals surface area contributed by atoms with Crippen LogP contribution in [0.3, 0.4) is 0 Å². The molecule has 28 heavy (non-hydrogen) atoms. The van der Waals surface area contributed by atoms with Crippen molar-refractivity contribution in [2.45, 2.75) is 31.3 Å². The fourth-order valence-electron chi connectivity index (χ4n) is 3.95. The molecule has 2 aliphatic rings. The van der Waals surface area contributed by atoms with Crippen molar-refractivity contribution in [2.75, 3.05) is 27.8 Å². The molecular formula is C22H28IN3O2. The zero-order valence-corrected chi connectivity index (χ0v) is 19.0. The number of aliphatic imine (C=N–C) groups is 1. The van der Waals surface area contributed by atoms with Gasteiger partial charge in [-0.05, 0) is 41.7 Å². The van der Waals surface area contributed by atoms with Gasteiger partial charge in [0.05, 0.1) is 14.2 Å². The second kappa shape index (κ2) is 9.03. The summed E-state index contributed by atoms with van der Waals surface area (Å²) in [6.45, 7) is 1.78. The van der Waals surface area contributed by atoms with Gasteiger partial charge in [-0.2, -0.15) is 0 Å². The van der Waals surface area contributed by atoms with Crippen molar-refractivity contribution in [3.8, 4) is 11.5 Å². The van der Waals surface area contributed by atoms with E-state index >= 15 is 0 Å². The Balaban J connectivity index is 0.00000225. The van der Waals surface area contributed by atoms with E-state index in [2.05, 4.69) is 57.7 Å². The molecule has 0 spiro atoms. The monoisotopic (exact) mass is 493 g/mol. The molecule has 1 heterocycles. The Bertz CT molecular complexity index is 841.